The first-order valence-corrected chi connectivity index (χ1v) is 5.70. The molecule has 0 fully saturated rings. The van der Waals surface area contributed by atoms with Crippen LogP contribution in [0.3, 0.4) is 0 Å². The molecule has 0 aliphatic heterocycles. The molecule has 0 amide bonds. The van der Waals surface area contributed by atoms with Crippen LogP contribution >= 0.6 is 0 Å². The number of hydrogen-bond donors (Lipinski definition) is 1. The monoisotopic (exact) mass is 242 g/mol. The standard InChI is InChI=1S/C3H8O7S2.Na/c4-11(5,6)3-1-2-10-12(7,8)9;/h1-3H2,(H,4,5,6)(H,7,8,9);/q;+1/p-1. The zero-order chi connectivity index (χ0) is 9.83. The van der Waals surface area contributed by atoms with Gasteiger partial charge in [-0.05, 0) is 6.42 Å². The summed E-state index contributed by atoms with van der Waals surface area (Å²) in [6.07, 6.45) is -0.250. The quantitative estimate of drug-likeness (QED) is 0.224. The molecule has 0 aliphatic carbocycles. The molecule has 0 aliphatic rings. The fourth-order valence-corrected chi connectivity index (χ4v) is 1.21. The van der Waals surface area contributed by atoms with Crippen LogP contribution in [-0.2, 0) is 24.7 Å². The molecule has 0 saturated carbocycles. The predicted molar refractivity (Wildman–Crippen MR) is 36.7 cm³/mol. The summed E-state index contributed by atoms with van der Waals surface area (Å²) < 4.78 is 61.2. The van der Waals surface area contributed by atoms with Crippen LogP contribution in [0.1, 0.15) is 6.42 Å². The van der Waals surface area contributed by atoms with Crippen LogP contribution in [0, 0.1) is 0 Å². The van der Waals surface area contributed by atoms with Crippen LogP contribution in [0.2, 0.25) is 0 Å². The Bertz CT molecular complexity index is 282. The van der Waals surface area contributed by atoms with Crippen molar-refractivity contribution in [3.8, 4) is 0 Å². The van der Waals surface area contributed by atoms with E-state index in [1.165, 1.54) is 0 Å². The summed E-state index contributed by atoms with van der Waals surface area (Å²) in [6, 6.07) is 0. The third-order valence-electron chi connectivity index (χ3n) is 0.774. The molecule has 0 spiro atoms. The summed E-state index contributed by atoms with van der Waals surface area (Å²) in [6.45, 7) is -0.550. The molecule has 0 aromatic rings. The Kier molecular flexibility index (Phi) is 7.86. The molecule has 0 atom stereocenters. The second-order valence-electron chi connectivity index (χ2n) is 1.87. The van der Waals surface area contributed by atoms with Crippen LogP contribution in [0.25, 0.3) is 0 Å². The van der Waals surface area contributed by atoms with E-state index >= 15 is 0 Å². The molecule has 7 nitrogen and oxygen atoms in total. The van der Waals surface area contributed by atoms with Gasteiger partial charge in [0.25, 0.3) is 10.1 Å². The van der Waals surface area contributed by atoms with Crippen molar-refractivity contribution in [1.82, 2.24) is 0 Å². The van der Waals surface area contributed by atoms with Gasteiger partial charge in [0, 0.05) is 0 Å². The van der Waals surface area contributed by atoms with Gasteiger partial charge in [-0.2, -0.15) is 8.42 Å². The first-order valence-electron chi connectivity index (χ1n) is 2.76. The van der Waals surface area contributed by atoms with Gasteiger partial charge in [0.05, 0.1) is 12.4 Å². The summed E-state index contributed by atoms with van der Waals surface area (Å²) in [4.78, 5) is 0. The maximum atomic E-state index is 10.0. The Morgan fingerprint density at radius 1 is 1.23 bits per heavy atom. The smallest absolute Gasteiger partial charge is 0.726 e. The molecule has 0 heterocycles. The van der Waals surface area contributed by atoms with E-state index in [0.717, 1.165) is 0 Å². The van der Waals surface area contributed by atoms with E-state index in [4.69, 9.17) is 4.55 Å². The normalized spacial score (nSPS) is 12.2. The molecular formula is C3H7NaO7S2. The van der Waals surface area contributed by atoms with E-state index in [0.29, 0.717) is 0 Å². The van der Waals surface area contributed by atoms with Gasteiger partial charge in [-0.1, -0.05) is 0 Å². The third kappa shape index (κ3) is 15.5. The fourth-order valence-electron chi connectivity index (χ4n) is 0.402. The second-order valence-corrected chi connectivity index (χ2v) is 4.49. The van der Waals surface area contributed by atoms with Crippen molar-refractivity contribution in [3.05, 3.63) is 0 Å². The van der Waals surface area contributed by atoms with Crippen LogP contribution in [0.5, 0.6) is 0 Å². The number of rotatable bonds is 5. The van der Waals surface area contributed by atoms with Gasteiger partial charge >= 0.3 is 29.6 Å². The SMILES string of the molecule is O=S(=O)(O)CCCOS(=O)(=O)[O-].[Na+]. The zero-order valence-electron chi connectivity index (χ0n) is 6.83. The van der Waals surface area contributed by atoms with Crippen molar-refractivity contribution in [2.45, 2.75) is 6.42 Å². The average molecular weight is 242 g/mol. The van der Waals surface area contributed by atoms with E-state index in [1.54, 1.807) is 0 Å². The number of hydrogen-bond acceptors (Lipinski definition) is 6. The summed E-state index contributed by atoms with van der Waals surface area (Å²) in [5.74, 6) is -0.636. The maximum Gasteiger partial charge on any atom is 1.00 e. The molecule has 0 unspecified atom stereocenters. The van der Waals surface area contributed by atoms with Gasteiger partial charge < -0.3 is 4.55 Å². The molecule has 13 heavy (non-hydrogen) atoms. The van der Waals surface area contributed by atoms with Gasteiger partial charge in [-0.3, -0.25) is 8.74 Å². The molecular weight excluding hydrogens is 235 g/mol. The first-order chi connectivity index (χ1) is 5.21. The van der Waals surface area contributed by atoms with Gasteiger partial charge in [0.2, 0.25) is 10.4 Å². The first kappa shape index (κ1) is 16.2. The van der Waals surface area contributed by atoms with E-state index in [-0.39, 0.29) is 36.0 Å². The Morgan fingerprint density at radius 2 is 1.69 bits per heavy atom. The van der Waals surface area contributed by atoms with Gasteiger partial charge in [-0.25, -0.2) is 8.42 Å². The Labute approximate surface area is 98.5 Å². The van der Waals surface area contributed by atoms with Crippen molar-refractivity contribution in [3.63, 3.8) is 0 Å². The molecule has 1 N–H and O–H groups in total. The molecule has 0 aromatic carbocycles. The third-order valence-corrected chi connectivity index (χ3v) is 2.03. The van der Waals surface area contributed by atoms with E-state index in [2.05, 4.69) is 4.18 Å². The van der Waals surface area contributed by atoms with Crippen molar-refractivity contribution < 1.29 is 59.7 Å². The zero-order valence-corrected chi connectivity index (χ0v) is 10.5. The van der Waals surface area contributed by atoms with Crippen LogP contribution in [0.4, 0.5) is 0 Å². The fraction of sp³-hybridized carbons (Fsp3) is 1.00. The summed E-state index contributed by atoms with van der Waals surface area (Å²) in [7, 11) is -8.89. The predicted octanol–water partition coefficient (Wildman–Crippen LogP) is -4.25. The Hall–Kier alpha value is 0.780. The van der Waals surface area contributed by atoms with Gasteiger partial charge in [-0.15, -0.1) is 0 Å². The summed E-state index contributed by atoms with van der Waals surface area (Å²) in [5.41, 5.74) is 0. The van der Waals surface area contributed by atoms with E-state index < -0.39 is 32.9 Å². The molecule has 0 radical (unpaired) electrons. The Balaban J connectivity index is 0. The van der Waals surface area contributed by atoms with Crippen LogP contribution < -0.4 is 29.6 Å². The minimum atomic E-state index is -4.77. The van der Waals surface area contributed by atoms with E-state index in [9.17, 15) is 21.4 Å². The molecule has 0 aromatic heterocycles. The largest absolute Gasteiger partial charge is 1.00 e. The van der Waals surface area contributed by atoms with Crippen molar-refractivity contribution in [1.29, 1.82) is 0 Å². The summed E-state index contributed by atoms with van der Waals surface area (Å²) >= 11 is 0. The summed E-state index contributed by atoms with van der Waals surface area (Å²) in [5, 5.41) is 0. The Morgan fingerprint density at radius 3 is 2.00 bits per heavy atom. The molecule has 74 valence electrons. The van der Waals surface area contributed by atoms with Crippen molar-refractivity contribution >= 4 is 20.5 Å². The van der Waals surface area contributed by atoms with Gasteiger partial charge in [0.15, 0.2) is 0 Å². The molecule has 10 heteroatoms. The average Bonchev–Trinajstić information content (AvgIpc) is 1.76. The molecule has 0 rings (SSSR count). The topological polar surface area (TPSA) is 121 Å². The van der Waals surface area contributed by atoms with Crippen molar-refractivity contribution in [2.24, 2.45) is 0 Å². The minimum absolute atomic E-state index is 0. The van der Waals surface area contributed by atoms with E-state index in [1.807, 2.05) is 0 Å². The maximum absolute atomic E-state index is 10.0. The second kappa shape index (κ2) is 6.30. The molecule has 0 bridgehead atoms. The molecule has 0 saturated heterocycles. The van der Waals surface area contributed by atoms with Crippen LogP contribution in [-0.4, -0.2) is 38.3 Å². The van der Waals surface area contributed by atoms with Crippen molar-refractivity contribution in [2.75, 3.05) is 12.4 Å². The minimum Gasteiger partial charge on any atom is -0.726 e. The van der Waals surface area contributed by atoms with Gasteiger partial charge in [0.1, 0.15) is 0 Å². The van der Waals surface area contributed by atoms with Crippen LogP contribution in [0.15, 0.2) is 0 Å².